The van der Waals surface area contributed by atoms with E-state index in [1.807, 2.05) is 23.5 Å². The third kappa shape index (κ3) is 5.61. The summed E-state index contributed by atoms with van der Waals surface area (Å²) in [7, 11) is 0. The molecule has 12 aromatic carbocycles. The lowest BCUT2D eigenvalue weighted by Gasteiger charge is -2.31. The van der Waals surface area contributed by atoms with Gasteiger partial charge in [0.2, 0.25) is 0 Å². The van der Waals surface area contributed by atoms with Gasteiger partial charge in [-0.2, -0.15) is 0 Å². The topological polar surface area (TPSA) is 16.4 Å². The fourth-order valence-electron chi connectivity index (χ4n) is 12.2. The van der Waals surface area contributed by atoms with Gasteiger partial charge in [-0.15, -0.1) is 11.3 Å². The van der Waals surface area contributed by atoms with Crippen LogP contribution in [0.4, 0.5) is 17.1 Å². The monoisotopic (exact) mass is 909 g/mol. The highest BCUT2D eigenvalue weighted by Gasteiger charge is 2.36. The molecule has 3 heteroatoms. The third-order valence-electron chi connectivity index (χ3n) is 15.4. The summed E-state index contributed by atoms with van der Waals surface area (Å²) in [5.74, 6) is 0. The van der Waals surface area contributed by atoms with Crippen molar-refractivity contribution < 1.29 is 4.42 Å². The summed E-state index contributed by atoms with van der Waals surface area (Å²) in [6.45, 7) is 4.76. The number of benzene rings is 12. The molecule has 0 unspecified atom stereocenters. The van der Waals surface area contributed by atoms with Crippen molar-refractivity contribution >= 4 is 114 Å². The van der Waals surface area contributed by atoms with Crippen molar-refractivity contribution in [1.29, 1.82) is 0 Å². The van der Waals surface area contributed by atoms with Crippen LogP contribution < -0.4 is 4.90 Å². The normalized spacial score (nSPS) is 13.1. The van der Waals surface area contributed by atoms with Crippen molar-refractivity contribution in [2.75, 3.05) is 4.90 Å². The van der Waals surface area contributed by atoms with E-state index in [0.717, 1.165) is 50.1 Å². The van der Waals surface area contributed by atoms with E-state index in [4.69, 9.17) is 4.42 Å². The minimum Gasteiger partial charge on any atom is -0.456 e. The maximum absolute atomic E-state index is 6.38. The lowest BCUT2D eigenvalue weighted by molar-refractivity contribution is 0.660. The van der Waals surface area contributed by atoms with E-state index >= 15 is 0 Å². The molecule has 0 fully saturated rings. The molecule has 0 amide bonds. The first-order valence-electron chi connectivity index (χ1n) is 24.2. The van der Waals surface area contributed by atoms with E-state index in [2.05, 4.69) is 231 Å². The third-order valence-corrected chi connectivity index (χ3v) is 16.7. The molecule has 0 saturated heterocycles. The van der Waals surface area contributed by atoms with Gasteiger partial charge in [0.15, 0.2) is 0 Å². The first-order valence-corrected chi connectivity index (χ1v) is 25.1. The highest BCUT2D eigenvalue weighted by atomic mass is 32.1. The predicted molar refractivity (Wildman–Crippen MR) is 300 cm³/mol. The van der Waals surface area contributed by atoms with Gasteiger partial charge in [-0.25, -0.2) is 0 Å². The zero-order valence-corrected chi connectivity index (χ0v) is 39.4. The van der Waals surface area contributed by atoms with E-state index in [0.29, 0.717) is 0 Å². The summed E-state index contributed by atoms with van der Waals surface area (Å²) < 4.78 is 8.99. The minimum atomic E-state index is -0.182. The second-order valence-corrected chi connectivity index (χ2v) is 20.6. The fraction of sp³-hybridized carbons (Fsp3) is 0.0448. The number of rotatable bonds is 5. The average molecular weight is 910 g/mol. The van der Waals surface area contributed by atoms with Crippen LogP contribution in [0.5, 0.6) is 0 Å². The molecule has 0 aliphatic heterocycles. The van der Waals surface area contributed by atoms with Crippen LogP contribution in [0.3, 0.4) is 0 Å². The Bertz CT molecular complexity index is 4480. The van der Waals surface area contributed by atoms with Crippen molar-refractivity contribution in [1.82, 2.24) is 0 Å². The number of para-hydroxylation sites is 1. The van der Waals surface area contributed by atoms with Gasteiger partial charge in [0.05, 0.1) is 5.69 Å². The molecule has 70 heavy (non-hydrogen) atoms. The van der Waals surface area contributed by atoms with Gasteiger partial charge in [0, 0.05) is 58.7 Å². The van der Waals surface area contributed by atoms with Gasteiger partial charge in [0.1, 0.15) is 11.2 Å². The SMILES string of the molecule is CC1(C)c2ccccc2-c2ccc(N(c3ccc(-c4ccc5c(c4)oc4ccccc45)cc3)c3ccc4c5ccccc5c5ccccc5c4c3-c3cccc4sc5c6ccccc6ccc5c34)cc21. The molecular weight excluding hydrogens is 867 g/mol. The first-order chi connectivity index (χ1) is 34.5. The van der Waals surface area contributed by atoms with E-state index in [9.17, 15) is 0 Å². The summed E-state index contributed by atoms with van der Waals surface area (Å²) in [6.07, 6.45) is 0. The van der Waals surface area contributed by atoms with Crippen molar-refractivity contribution in [3.63, 3.8) is 0 Å². The standard InChI is InChI=1S/C67H43NOS/c1-67(2)57-23-11-9-19-49(57)50-35-32-44(39-58(50)67)68(43-30-26-40(27-31-43)42-29-33-52-51-20-10-12-24-60(51)69-61(52)38-42)59-37-36-54-48-18-6-5-16-46(48)47-17-7-8-21-53(47)64(54)65(59)55-22-13-25-62-63(55)56-34-28-41-14-3-4-15-45(41)66(56)70-62/h3-39H,1-2H3. The molecular formula is C67H43NOS. The molecule has 328 valence electrons. The Labute approximate surface area is 408 Å². The van der Waals surface area contributed by atoms with E-state index in [1.165, 1.54) is 96.6 Å². The van der Waals surface area contributed by atoms with Crippen LogP contribution in [0.2, 0.25) is 0 Å². The number of fused-ring (bicyclic) bond motifs is 17. The van der Waals surface area contributed by atoms with Gasteiger partial charge >= 0.3 is 0 Å². The van der Waals surface area contributed by atoms with Crippen molar-refractivity contribution in [2.24, 2.45) is 0 Å². The Balaban J connectivity index is 1.04. The van der Waals surface area contributed by atoms with Gasteiger partial charge in [-0.05, 0) is 131 Å². The number of nitrogens with zero attached hydrogens (tertiary/aromatic N) is 1. The number of furan rings is 1. The molecule has 2 nitrogen and oxygen atoms in total. The highest BCUT2D eigenvalue weighted by molar-refractivity contribution is 7.26. The van der Waals surface area contributed by atoms with Crippen molar-refractivity contribution in [2.45, 2.75) is 19.3 Å². The van der Waals surface area contributed by atoms with Gasteiger partial charge in [-0.1, -0.05) is 184 Å². The lowest BCUT2D eigenvalue weighted by atomic mass is 9.82. The molecule has 14 aromatic rings. The summed E-state index contributed by atoms with van der Waals surface area (Å²) in [5, 5.41) is 14.9. The Kier molecular flexibility index (Phi) is 8.32. The predicted octanol–water partition coefficient (Wildman–Crippen LogP) is 19.7. The molecule has 0 N–H and O–H groups in total. The van der Waals surface area contributed by atoms with Crippen LogP contribution in [0.25, 0.3) is 119 Å². The molecule has 0 bridgehead atoms. The maximum atomic E-state index is 6.38. The molecule has 1 aliphatic rings. The largest absolute Gasteiger partial charge is 0.456 e. The fourth-order valence-corrected chi connectivity index (χ4v) is 13.4. The van der Waals surface area contributed by atoms with Gasteiger partial charge in [-0.3, -0.25) is 0 Å². The number of hydrogen-bond donors (Lipinski definition) is 0. The van der Waals surface area contributed by atoms with E-state index in [-0.39, 0.29) is 5.41 Å². The minimum absolute atomic E-state index is 0.182. The Morgan fingerprint density at radius 2 is 0.986 bits per heavy atom. The molecule has 0 atom stereocenters. The maximum Gasteiger partial charge on any atom is 0.136 e. The number of thiophene rings is 1. The van der Waals surface area contributed by atoms with Crippen molar-refractivity contribution in [3.05, 3.63) is 236 Å². The van der Waals surface area contributed by atoms with Crippen LogP contribution in [0, 0.1) is 0 Å². The van der Waals surface area contributed by atoms with E-state index < -0.39 is 0 Å². The second-order valence-electron chi connectivity index (χ2n) is 19.5. The highest BCUT2D eigenvalue weighted by Crippen LogP contribution is 2.55. The molecule has 0 saturated carbocycles. The van der Waals surface area contributed by atoms with Gasteiger partial charge in [0.25, 0.3) is 0 Å². The molecule has 1 aliphatic carbocycles. The van der Waals surface area contributed by atoms with Gasteiger partial charge < -0.3 is 9.32 Å². The molecule has 15 rings (SSSR count). The van der Waals surface area contributed by atoms with Crippen LogP contribution in [-0.2, 0) is 5.41 Å². The number of anilines is 3. The smallest absolute Gasteiger partial charge is 0.136 e. The Morgan fingerprint density at radius 3 is 1.81 bits per heavy atom. The zero-order chi connectivity index (χ0) is 46.2. The van der Waals surface area contributed by atoms with E-state index in [1.54, 1.807) is 0 Å². The second kappa shape index (κ2) is 14.8. The lowest BCUT2D eigenvalue weighted by Crippen LogP contribution is -2.17. The Morgan fingerprint density at radius 1 is 0.386 bits per heavy atom. The molecule has 0 radical (unpaired) electrons. The van der Waals surface area contributed by atoms with Crippen LogP contribution in [-0.4, -0.2) is 0 Å². The average Bonchev–Trinajstić information content (AvgIpc) is 4.06. The zero-order valence-electron chi connectivity index (χ0n) is 38.6. The summed E-state index contributed by atoms with van der Waals surface area (Å²) in [4.78, 5) is 2.53. The van der Waals surface area contributed by atoms with Crippen molar-refractivity contribution in [3.8, 4) is 33.4 Å². The van der Waals surface area contributed by atoms with Crippen LogP contribution in [0.1, 0.15) is 25.0 Å². The molecule has 2 heterocycles. The van der Waals surface area contributed by atoms with Crippen LogP contribution >= 0.6 is 11.3 Å². The number of hydrogen-bond acceptors (Lipinski definition) is 3. The first kappa shape index (κ1) is 39.5. The quantitative estimate of drug-likeness (QED) is 0.160. The Hall–Kier alpha value is -8.50. The molecule has 0 spiro atoms. The summed E-state index contributed by atoms with van der Waals surface area (Å²) in [6, 6.07) is 83.4. The molecule has 2 aromatic heterocycles. The summed E-state index contributed by atoms with van der Waals surface area (Å²) >= 11 is 1.91. The van der Waals surface area contributed by atoms with Crippen LogP contribution in [0.15, 0.2) is 229 Å². The summed E-state index contributed by atoms with van der Waals surface area (Å²) in [5.41, 5.74) is 15.0.